The Hall–Kier alpha value is -1.68. The first-order chi connectivity index (χ1) is 15.4. The average molecular weight is 439 g/mol. The zero-order valence-corrected chi connectivity index (χ0v) is 20.2. The average Bonchev–Trinajstić information content (AvgIpc) is 3.30. The van der Waals surface area contributed by atoms with Gasteiger partial charge in [-0.15, -0.1) is 0 Å². The molecule has 3 nitrogen and oxygen atoms in total. The lowest BCUT2D eigenvalue weighted by molar-refractivity contribution is 0.116. The summed E-state index contributed by atoms with van der Waals surface area (Å²) in [5, 5.41) is 29.4. The van der Waals surface area contributed by atoms with Gasteiger partial charge in [-0.2, -0.15) is 0 Å². The Morgan fingerprint density at radius 3 is 2.16 bits per heavy atom. The van der Waals surface area contributed by atoms with Crippen molar-refractivity contribution in [1.29, 1.82) is 0 Å². The van der Waals surface area contributed by atoms with E-state index >= 15 is 0 Å². The molecule has 0 spiro atoms. The molecule has 3 rings (SSSR count). The summed E-state index contributed by atoms with van der Waals surface area (Å²) >= 11 is 0. The minimum absolute atomic E-state index is 0.0261. The van der Waals surface area contributed by atoms with Crippen molar-refractivity contribution >= 4 is 0 Å². The van der Waals surface area contributed by atoms with Crippen molar-refractivity contribution in [1.82, 2.24) is 0 Å². The molecule has 32 heavy (non-hydrogen) atoms. The normalized spacial score (nSPS) is 16.6. The van der Waals surface area contributed by atoms with Gasteiger partial charge < -0.3 is 15.3 Å². The van der Waals surface area contributed by atoms with Crippen molar-refractivity contribution in [3.05, 3.63) is 69.8 Å². The second-order valence-electron chi connectivity index (χ2n) is 10.1. The SMILES string of the molecule is CCc1cc(C2(CCc3ccc(CO)c(CO)c3)CCCC2)ccc1CCC(O)C(C)C. The molecule has 0 amide bonds. The summed E-state index contributed by atoms with van der Waals surface area (Å²) in [6.07, 6.45) is 9.72. The summed E-state index contributed by atoms with van der Waals surface area (Å²) in [6, 6.07) is 13.3. The molecule has 0 bridgehead atoms. The second-order valence-corrected chi connectivity index (χ2v) is 10.1. The number of rotatable bonds is 11. The van der Waals surface area contributed by atoms with E-state index in [0.29, 0.717) is 5.92 Å². The fraction of sp³-hybridized carbons (Fsp3) is 0.586. The summed E-state index contributed by atoms with van der Waals surface area (Å²) in [4.78, 5) is 0. The molecule has 0 aliphatic heterocycles. The maximum absolute atomic E-state index is 10.2. The molecule has 3 N–H and O–H groups in total. The lowest BCUT2D eigenvalue weighted by Gasteiger charge is -2.31. The minimum atomic E-state index is -0.235. The van der Waals surface area contributed by atoms with Crippen LogP contribution in [0, 0.1) is 5.92 Å². The molecule has 1 aliphatic carbocycles. The number of aliphatic hydroxyl groups is 3. The van der Waals surface area contributed by atoms with E-state index in [9.17, 15) is 15.3 Å². The second kappa shape index (κ2) is 11.4. The third-order valence-electron chi connectivity index (χ3n) is 7.74. The molecule has 176 valence electrons. The highest BCUT2D eigenvalue weighted by Gasteiger charge is 2.35. The predicted octanol–water partition coefficient (Wildman–Crippen LogP) is 5.63. The van der Waals surface area contributed by atoms with Gasteiger partial charge in [-0.05, 0) is 89.7 Å². The molecular weight excluding hydrogens is 396 g/mol. The Morgan fingerprint density at radius 2 is 1.53 bits per heavy atom. The van der Waals surface area contributed by atoms with Crippen molar-refractivity contribution in [3.63, 3.8) is 0 Å². The van der Waals surface area contributed by atoms with Crippen LogP contribution in [0.15, 0.2) is 36.4 Å². The number of aryl methyl sites for hydroxylation is 3. The van der Waals surface area contributed by atoms with E-state index in [1.807, 2.05) is 6.07 Å². The highest BCUT2D eigenvalue weighted by molar-refractivity contribution is 5.38. The summed E-state index contributed by atoms with van der Waals surface area (Å²) in [5.41, 5.74) is 7.43. The molecular formula is C29H42O3. The molecule has 1 saturated carbocycles. The number of hydrogen-bond donors (Lipinski definition) is 3. The predicted molar refractivity (Wildman–Crippen MR) is 132 cm³/mol. The van der Waals surface area contributed by atoms with E-state index < -0.39 is 0 Å². The summed E-state index contributed by atoms with van der Waals surface area (Å²) < 4.78 is 0. The van der Waals surface area contributed by atoms with E-state index in [2.05, 4.69) is 51.1 Å². The van der Waals surface area contributed by atoms with E-state index in [1.54, 1.807) is 0 Å². The lowest BCUT2D eigenvalue weighted by atomic mass is 9.73. The van der Waals surface area contributed by atoms with E-state index in [1.165, 1.54) is 47.9 Å². The Kier molecular flexibility index (Phi) is 8.93. The molecule has 0 aromatic heterocycles. The maximum atomic E-state index is 10.2. The third kappa shape index (κ3) is 5.81. The lowest BCUT2D eigenvalue weighted by Crippen LogP contribution is -2.23. The highest BCUT2D eigenvalue weighted by atomic mass is 16.3. The van der Waals surface area contributed by atoms with Gasteiger partial charge in [-0.25, -0.2) is 0 Å². The van der Waals surface area contributed by atoms with Crippen LogP contribution in [0.4, 0.5) is 0 Å². The zero-order valence-electron chi connectivity index (χ0n) is 20.2. The highest BCUT2D eigenvalue weighted by Crippen LogP contribution is 2.45. The monoisotopic (exact) mass is 438 g/mol. The van der Waals surface area contributed by atoms with Crippen LogP contribution in [-0.4, -0.2) is 21.4 Å². The smallest absolute Gasteiger partial charge is 0.0685 e. The molecule has 1 unspecified atom stereocenters. The summed E-state index contributed by atoms with van der Waals surface area (Å²) in [7, 11) is 0. The van der Waals surface area contributed by atoms with Gasteiger partial charge in [0.2, 0.25) is 0 Å². The van der Waals surface area contributed by atoms with Gasteiger partial charge in [-0.3, -0.25) is 0 Å². The fourth-order valence-electron chi connectivity index (χ4n) is 5.42. The van der Waals surface area contributed by atoms with Gasteiger partial charge in [0.15, 0.2) is 0 Å². The first-order valence-electron chi connectivity index (χ1n) is 12.5. The molecule has 2 aromatic rings. The summed E-state index contributed by atoms with van der Waals surface area (Å²) in [5.74, 6) is 0.305. The van der Waals surface area contributed by atoms with Gasteiger partial charge in [0.25, 0.3) is 0 Å². The van der Waals surface area contributed by atoms with E-state index in [4.69, 9.17) is 0 Å². The molecule has 2 aromatic carbocycles. The first kappa shape index (κ1) is 25.0. The first-order valence-corrected chi connectivity index (χ1v) is 12.5. The Bertz CT molecular complexity index is 865. The van der Waals surface area contributed by atoms with E-state index in [0.717, 1.165) is 43.2 Å². The van der Waals surface area contributed by atoms with Crippen molar-refractivity contribution in [2.45, 2.75) is 103 Å². The summed E-state index contributed by atoms with van der Waals surface area (Å²) in [6.45, 7) is 6.35. The van der Waals surface area contributed by atoms with Crippen LogP contribution >= 0.6 is 0 Å². The Labute approximate surface area is 194 Å². The van der Waals surface area contributed by atoms with Gasteiger partial charge in [0.05, 0.1) is 19.3 Å². The van der Waals surface area contributed by atoms with Crippen LogP contribution in [-0.2, 0) is 37.9 Å². The molecule has 1 aliphatic rings. The number of benzene rings is 2. The quantitative estimate of drug-likeness (QED) is 0.426. The zero-order chi connectivity index (χ0) is 23.1. The van der Waals surface area contributed by atoms with Crippen molar-refractivity contribution < 1.29 is 15.3 Å². The number of hydrogen-bond acceptors (Lipinski definition) is 3. The van der Waals surface area contributed by atoms with Crippen molar-refractivity contribution in [3.8, 4) is 0 Å². The van der Waals surface area contributed by atoms with Crippen LogP contribution in [0.3, 0.4) is 0 Å². The van der Waals surface area contributed by atoms with Gasteiger partial charge in [-0.1, -0.05) is 70.0 Å². The Balaban J connectivity index is 1.78. The van der Waals surface area contributed by atoms with Gasteiger partial charge in [0.1, 0.15) is 0 Å². The van der Waals surface area contributed by atoms with Crippen LogP contribution in [0.1, 0.15) is 92.7 Å². The fourth-order valence-corrected chi connectivity index (χ4v) is 5.42. The molecule has 0 saturated heterocycles. The van der Waals surface area contributed by atoms with Crippen LogP contribution in [0.2, 0.25) is 0 Å². The molecule has 1 atom stereocenters. The van der Waals surface area contributed by atoms with Crippen molar-refractivity contribution in [2.75, 3.05) is 0 Å². The third-order valence-corrected chi connectivity index (χ3v) is 7.74. The topological polar surface area (TPSA) is 60.7 Å². The maximum Gasteiger partial charge on any atom is 0.0685 e. The minimum Gasteiger partial charge on any atom is -0.393 e. The van der Waals surface area contributed by atoms with E-state index in [-0.39, 0.29) is 24.7 Å². The largest absolute Gasteiger partial charge is 0.393 e. The van der Waals surface area contributed by atoms with Gasteiger partial charge >= 0.3 is 0 Å². The van der Waals surface area contributed by atoms with Crippen LogP contribution < -0.4 is 0 Å². The van der Waals surface area contributed by atoms with Crippen LogP contribution in [0.25, 0.3) is 0 Å². The van der Waals surface area contributed by atoms with Crippen LogP contribution in [0.5, 0.6) is 0 Å². The standard InChI is InChI=1S/C29H42O3/c1-4-23-18-27(11-9-24(23)10-12-28(32)21(2)3)29(14-5-6-15-29)16-13-22-7-8-25(19-30)26(17-22)20-31/h7-9,11,17-18,21,28,30-32H,4-6,10,12-16,19-20H2,1-3H3. The number of aliphatic hydroxyl groups excluding tert-OH is 3. The molecule has 1 fully saturated rings. The molecule has 3 heteroatoms. The van der Waals surface area contributed by atoms with Gasteiger partial charge in [0, 0.05) is 0 Å². The Morgan fingerprint density at radius 1 is 0.844 bits per heavy atom. The molecule has 0 heterocycles. The van der Waals surface area contributed by atoms with Crippen molar-refractivity contribution in [2.24, 2.45) is 5.92 Å². The molecule has 0 radical (unpaired) electrons.